The lowest BCUT2D eigenvalue weighted by Crippen LogP contribution is -2.40. The van der Waals surface area contributed by atoms with E-state index in [4.69, 9.17) is 19.2 Å². The summed E-state index contributed by atoms with van der Waals surface area (Å²) in [6, 6.07) is 18.9. The molecular formula is C32H27FN2O6S. The number of fused-ring (bicyclic) bond motifs is 1. The van der Waals surface area contributed by atoms with Crippen molar-refractivity contribution in [1.29, 1.82) is 0 Å². The van der Waals surface area contributed by atoms with Gasteiger partial charge in [0.25, 0.3) is 5.56 Å². The number of ether oxygens (including phenoxy) is 3. The van der Waals surface area contributed by atoms with Crippen LogP contribution in [-0.2, 0) is 14.3 Å². The molecule has 0 saturated heterocycles. The second kappa shape index (κ2) is 12.4. The van der Waals surface area contributed by atoms with Gasteiger partial charge < -0.3 is 14.2 Å². The zero-order valence-corrected chi connectivity index (χ0v) is 23.9. The Morgan fingerprint density at radius 1 is 1.00 bits per heavy atom. The third-order valence-corrected chi connectivity index (χ3v) is 7.36. The van der Waals surface area contributed by atoms with Gasteiger partial charge >= 0.3 is 11.9 Å². The van der Waals surface area contributed by atoms with Gasteiger partial charge in [-0.15, -0.1) is 0 Å². The van der Waals surface area contributed by atoms with Gasteiger partial charge in [0.15, 0.2) is 16.3 Å². The third kappa shape index (κ3) is 5.80. The van der Waals surface area contributed by atoms with Gasteiger partial charge in [-0.25, -0.2) is 14.2 Å². The maximum absolute atomic E-state index is 14.0. The Morgan fingerprint density at radius 2 is 1.74 bits per heavy atom. The van der Waals surface area contributed by atoms with Gasteiger partial charge in [-0.1, -0.05) is 59.9 Å². The number of halogens is 1. The molecule has 1 aromatic heterocycles. The molecule has 0 aliphatic carbocycles. The van der Waals surface area contributed by atoms with Crippen LogP contribution in [0.2, 0.25) is 0 Å². The van der Waals surface area contributed by atoms with Crippen LogP contribution in [0, 0.1) is 5.82 Å². The van der Waals surface area contributed by atoms with Gasteiger partial charge in [-0.05, 0) is 55.3 Å². The Bertz CT molecular complexity index is 1860. The Hall–Kier alpha value is -4.83. The normalized spacial score (nSPS) is 14.7. The molecule has 2 heterocycles. The number of hydrogen-bond donors (Lipinski definition) is 0. The summed E-state index contributed by atoms with van der Waals surface area (Å²) in [6.45, 7) is 5.28. The van der Waals surface area contributed by atoms with Crippen LogP contribution in [0.4, 0.5) is 4.39 Å². The predicted molar refractivity (Wildman–Crippen MR) is 156 cm³/mol. The van der Waals surface area contributed by atoms with Crippen molar-refractivity contribution in [3.05, 3.63) is 121 Å². The minimum atomic E-state index is -0.913. The molecule has 4 aromatic rings. The number of nitrogens with zero attached hydrogens (tertiary/aromatic N) is 2. The number of carbonyl (C=O) groups is 2. The van der Waals surface area contributed by atoms with Crippen LogP contribution < -0.4 is 24.4 Å². The third-order valence-electron chi connectivity index (χ3n) is 6.38. The average Bonchev–Trinajstić information content (AvgIpc) is 3.28. The highest BCUT2D eigenvalue weighted by Crippen LogP contribution is 2.35. The van der Waals surface area contributed by atoms with E-state index in [1.165, 1.54) is 23.6 Å². The molecule has 1 atom stereocenters. The summed E-state index contributed by atoms with van der Waals surface area (Å²) >= 11 is 1.16. The van der Waals surface area contributed by atoms with Crippen LogP contribution in [0.25, 0.3) is 11.8 Å². The average molecular weight is 587 g/mol. The van der Waals surface area contributed by atoms with E-state index in [1.54, 1.807) is 43.3 Å². The molecular weight excluding hydrogens is 559 g/mol. The first-order valence-corrected chi connectivity index (χ1v) is 14.1. The molecule has 1 aliphatic rings. The zero-order valence-electron chi connectivity index (χ0n) is 23.1. The second-order valence-electron chi connectivity index (χ2n) is 9.22. The molecule has 3 aromatic carbocycles. The first-order chi connectivity index (χ1) is 20.3. The fraction of sp³-hybridized carbons (Fsp3) is 0.188. The zero-order chi connectivity index (χ0) is 29.8. The largest absolute Gasteiger partial charge is 0.490 e. The second-order valence-corrected chi connectivity index (χ2v) is 10.2. The van der Waals surface area contributed by atoms with E-state index in [9.17, 15) is 18.8 Å². The summed E-state index contributed by atoms with van der Waals surface area (Å²) in [7, 11) is 0. The molecule has 5 rings (SSSR count). The first-order valence-electron chi connectivity index (χ1n) is 13.3. The van der Waals surface area contributed by atoms with E-state index in [0.29, 0.717) is 44.1 Å². The summed E-state index contributed by atoms with van der Waals surface area (Å²) in [6.07, 6.45) is 1.68. The van der Waals surface area contributed by atoms with Crippen LogP contribution in [0.3, 0.4) is 0 Å². The monoisotopic (exact) mass is 586 g/mol. The molecule has 0 radical (unpaired) electrons. The lowest BCUT2D eigenvalue weighted by atomic mass is 9.93. The number of esters is 2. The van der Waals surface area contributed by atoms with Crippen LogP contribution >= 0.6 is 11.3 Å². The Balaban J connectivity index is 1.75. The summed E-state index contributed by atoms with van der Waals surface area (Å²) in [5.74, 6) is -0.922. The summed E-state index contributed by atoms with van der Waals surface area (Å²) in [4.78, 5) is 44.1. The van der Waals surface area contributed by atoms with Gasteiger partial charge in [-0.2, -0.15) is 0 Å². The van der Waals surface area contributed by atoms with Gasteiger partial charge in [0.1, 0.15) is 5.82 Å². The van der Waals surface area contributed by atoms with Gasteiger partial charge in [0.05, 0.1) is 35.1 Å². The van der Waals surface area contributed by atoms with Crippen molar-refractivity contribution in [2.45, 2.75) is 26.8 Å². The highest BCUT2D eigenvalue weighted by molar-refractivity contribution is 7.07. The Morgan fingerprint density at radius 3 is 2.40 bits per heavy atom. The smallest absolute Gasteiger partial charge is 0.338 e. The lowest BCUT2D eigenvalue weighted by Gasteiger charge is -2.25. The molecule has 0 amide bonds. The Kier molecular flexibility index (Phi) is 8.44. The number of thiazole rings is 1. The van der Waals surface area contributed by atoms with Crippen molar-refractivity contribution in [3.8, 4) is 11.5 Å². The maximum atomic E-state index is 14.0. The van der Waals surface area contributed by atoms with Crippen molar-refractivity contribution in [2.75, 3.05) is 13.2 Å². The molecule has 0 spiro atoms. The standard InChI is InChI=1S/C32H27FN2O6S/c1-4-39-25-17-20(11-16-24(25)41-19(3)36)18-26-30(37)35-29(22-12-14-23(33)15-13-22)27(31(38)40-5-2)28(34-32(35)42-26)21-9-7-6-8-10-21/h6-18,29H,4-5H2,1-3H3/b26-18-/t29-/m0/s1. The number of rotatable bonds is 8. The summed E-state index contributed by atoms with van der Waals surface area (Å²) < 4.78 is 32.1. The molecule has 0 unspecified atom stereocenters. The molecule has 1 aliphatic heterocycles. The minimum Gasteiger partial charge on any atom is -0.490 e. The molecule has 8 nitrogen and oxygen atoms in total. The van der Waals surface area contributed by atoms with Crippen molar-refractivity contribution in [2.24, 2.45) is 4.99 Å². The van der Waals surface area contributed by atoms with Gasteiger partial charge in [0, 0.05) is 12.5 Å². The molecule has 214 valence electrons. The lowest BCUT2D eigenvalue weighted by molar-refractivity contribution is -0.139. The van der Waals surface area contributed by atoms with E-state index >= 15 is 0 Å². The topological polar surface area (TPSA) is 96.2 Å². The van der Waals surface area contributed by atoms with E-state index in [2.05, 4.69) is 0 Å². The highest BCUT2D eigenvalue weighted by atomic mass is 32.1. The quantitative estimate of drug-likeness (QED) is 0.224. The maximum Gasteiger partial charge on any atom is 0.338 e. The molecule has 0 fully saturated rings. The fourth-order valence-corrected chi connectivity index (χ4v) is 5.68. The van der Waals surface area contributed by atoms with Crippen LogP contribution in [-0.4, -0.2) is 29.7 Å². The number of aromatic nitrogens is 1. The van der Waals surface area contributed by atoms with Crippen molar-refractivity contribution < 1.29 is 28.2 Å². The van der Waals surface area contributed by atoms with Crippen molar-refractivity contribution in [1.82, 2.24) is 4.57 Å². The number of benzene rings is 3. The SMILES string of the molecule is CCOC(=O)C1=C(c2ccccc2)N=c2s/c(=C\c3ccc(OC(C)=O)c(OCC)c3)c(=O)n2[C@H]1c1ccc(F)cc1. The van der Waals surface area contributed by atoms with Crippen molar-refractivity contribution in [3.63, 3.8) is 0 Å². The van der Waals surface area contributed by atoms with E-state index < -0.39 is 23.8 Å². The van der Waals surface area contributed by atoms with Crippen LogP contribution in [0.15, 0.2) is 88.2 Å². The summed E-state index contributed by atoms with van der Waals surface area (Å²) in [5, 5.41) is 0. The van der Waals surface area contributed by atoms with Crippen LogP contribution in [0.5, 0.6) is 11.5 Å². The Labute approximate surface area is 244 Å². The molecule has 0 saturated carbocycles. The first kappa shape index (κ1) is 28.7. The van der Waals surface area contributed by atoms with Gasteiger partial charge in [-0.3, -0.25) is 14.2 Å². The summed E-state index contributed by atoms with van der Waals surface area (Å²) in [5.41, 5.74) is 2.00. The molecule has 0 N–H and O–H groups in total. The van der Waals surface area contributed by atoms with Crippen LogP contribution in [0.1, 0.15) is 43.5 Å². The molecule has 42 heavy (non-hydrogen) atoms. The predicted octanol–water partition coefficient (Wildman–Crippen LogP) is 4.40. The van der Waals surface area contributed by atoms with E-state index in [0.717, 1.165) is 11.3 Å². The molecule has 0 bridgehead atoms. The highest BCUT2D eigenvalue weighted by Gasteiger charge is 2.35. The minimum absolute atomic E-state index is 0.121. The number of carbonyl (C=O) groups excluding carboxylic acids is 2. The van der Waals surface area contributed by atoms with E-state index in [-0.39, 0.29) is 23.5 Å². The van der Waals surface area contributed by atoms with Crippen molar-refractivity contribution >= 4 is 35.0 Å². The molecule has 10 heteroatoms. The fourth-order valence-electron chi connectivity index (χ4n) is 4.67. The van der Waals surface area contributed by atoms with E-state index in [1.807, 2.05) is 37.3 Å². The van der Waals surface area contributed by atoms with Gasteiger partial charge in [0.2, 0.25) is 0 Å². The number of hydrogen-bond acceptors (Lipinski definition) is 8.